The molecule has 7 nitrogen and oxygen atoms in total. The number of alkyl halides is 3. The number of methoxy groups -OCH3 is 1. The lowest BCUT2D eigenvalue weighted by Gasteiger charge is -2.10. The minimum absolute atomic E-state index is 0.207. The third-order valence-electron chi connectivity index (χ3n) is 2.78. The molecule has 0 amide bonds. The monoisotopic (exact) mass is 365 g/mol. The molecule has 0 spiro atoms. The first-order chi connectivity index (χ1) is 11.2. The molecule has 0 saturated carbocycles. The van der Waals surface area contributed by atoms with Gasteiger partial charge in [-0.25, -0.2) is 8.42 Å². The summed E-state index contributed by atoms with van der Waals surface area (Å²) < 4.78 is 73.0. The molecule has 24 heavy (non-hydrogen) atoms. The fourth-order valence-corrected chi connectivity index (χ4v) is 2.79. The van der Waals surface area contributed by atoms with Crippen molar-refractivity contribution in [3.63, 3.8) is 0 Å². The molecule has 1 aromatic heterocycles. The molecule has 0 radical (unpaired) electrons. The van der Waals surface area contributed by atoms with Gasteiger partial charge in [-0.15, -0.1) is 13.2 Å². The minimum Gasteiger partial charge on any atom is -0.406 e. The third kappa shape index (κ3) is 5.13. The van der Waals surface area contributed by atoms with Crippen LogP contribution in [-0.2, 0) is 21.3 Å². The van der Waals surface area contributed by atoms with Gasteiger partial charge in [0.15, 0.2) is 0 Å². The van der Waals surface area contributed by atoms with E-state index in [0.717, 1.165) is 24.3 Å². The van der Waals surface area contributed by atoms with Crippen molar-refractivity contribution in [2.24, 2.45) is 0 Å². The highest BCUT2D eigenvalue weighted by atomic mass is 32.2. The smallest absolute Gasteiger partial charge is 0.406 e. The molecule has 0 aliphatic rings. The summed E-state index contributed by atoms with van der Waals surface area (Å²) in [5.41, 5.74) is 0.224. The highest BCUT2D eigenvalue weighted by Gasteiger charge is 2.31. The molecule has 0 aliphatic heterocycles. The molecular formula is C13H14F3N3O4S. The maximum absolute atomic E-state index is 12.2. The molecule has 2 aromatic rings. The summed E-state index contributed by atoms with van der Waals surface area (Å²) in [5, 5.41) is 3.95. The maximum atomic E-state index is 12.2. The van der Waals surface area contributed by atoms with Gasteiger partial charge in [-0.1, -0.05) is 0 Å². The van der Waals surface area contributed by atoms with Gasteiger partial charge >= 0.3 is 6.36 Å². The van der Waals surface area contributed by atoms with Gasteiger partial charge in [-0.3, -0.25) is 9.40 Å². The van der Waals surface area contributed by atoms with Crippen LogP contribution in [0, 0.1) is 0 Å². The second-order valence-electron chi connectivity index (χ2n) is 4.61. The van der Waals surface area contributed by atoms with Crippen LogP contribution in [0.25, 0.3) is 0 Å². The molecule has 0 aliphatic carbocycles. The quantitative estimate of drug-likeness (QED) is 0.814. The molecule has 0 saturated heterocycles. The van der Waals surface area contributed by atoms with Crippen LogP contribution in [0.3, 0.4) is 0 Å². The highest BCUT2D eigenvalue weighted by molar-refractivity contribution is 7.92. The summed E-state index contributed by atoms with van der Waals surface area (Å²) in [5.74, 6) is -0.506. The first-order valence-corrected chi connectivity index (χ1v) is 8.08. The zero-order chi connectivity index (χ0) is 17.8. The Kier molecular flexibility index (Phi) is 5.34. The van der Waals surface area contributed by atoms with Crippen LogP contribution in [0.15, 0.2) is 41.6 Å². The Hall–Kier alpha value is -2.27. The Morgan fingerprint density at radius 1 is 1.25 bits per heavy atom. The molecule has 1 aromatic carbocycles. The van der Waals surface area contributed by atoms with Crippen molar-refractivity contribution in [3.05, 3.63) is 36.7 Å². The van der Waals surface area contributed by atoms with Crippen molar-refractivity contribution in [1.29, 1.82) is 0 Å². The number of sulfonamides is 1. The second kappa shape index (κ2) is 7.09. The van der Waals surface area contributed by atoms with E-state index < -0.39 is 22.1 Å². The molecule has 0 bridgehead atoms. The topological polar surface area (TPSA) is 82.5 Å². The number of nitrogens with zero attached hydrogens (tertiary/aromatic N) is 2. The van der Waals surface area contributed by atoms with Gasteiger partial charge in [0, 0.05) is 13.3 Å². The number of benzene rings is 1. The van der Waals surface area contributed by atoms with E-state index in [1.807, 2.05) is 0 Å². The van der Waals surface area contributed by atoms with E-state index in [9.17, 15) is 21.6 Å². The zero-order valence-corrected chi connectivity index (χ0v) is 13.3. The fraction of sp³-hybridized carbons (Fsp3) is 0.308. The van der Waals surface area contributed by atoms with Gasteiger partial charge in [0.2, 0.25) is 0 Å². The number of anilines is 1. The minimum atomic E-state index is -4.84. The van der Waals surface area contributed by atoms with Crippen molar-refractivity contribution in [1.82, 2.24) is 9.78 Å². The number of hydrogen-bond acceptors (Lipinski definition) is 5. The third-order valence-corrected chi connectivity index (χ3v) is 4.17. The van der Waals surface area contributed by atoms with Crippen molar-refractivity contribution in [3.8, 4) is 5.75 Å². The summed E-state index contributed by atoms with van der Waals surface area (Å²) >= 11 is 0. The van der Waals surface area contributed by atoms with Gasteiger partial charge < -0.3 is 9.47 Å². The normalized spacial score (nSPS) is 12.2. The number of halogens is 3. The van der Waals surface area contributed by atoms with Crippen LogP contribution in [0.2, 0.25) is 0 Å². The van der Waals surface area contributed by atoms with E-state index >= 15 is 0 Å². The molecule has 132 valence electrons. The van der Waals surface area contributed by atoms with Crippen LogP contribution in [0.4, 0.5) is 18.9 Å². The molecule has 0 atom stereocenters. The van der Waals surface area contributed by atoms with E-state index in [4.69, 9.17) is 4.74 Å². The molecule has 1 N–H and O–H groups in total. The van der Waals surface area contributed by atoms with Crippen molar-refractivity contribution in [2.45, 2.75) is 17.8 Å². The number of rotatable bonds is 7. The van der Waals surface area contributed by atoms with Crippen molar-refractivity contribution >= 4 is 15.7 Å². The second-order valence-corrected chi connectivity index (χ2v) is 6.29. The molecule has 11 heteroatoms. The van der Waals surface area contributed by atoms with Crippen LogP contribution in [0.5, 0.6) is 5.75 Å². The Labute approximate surface area is 136 Å². The first kappa shape index (κ1) is 18.1. The Balaban J connectivity index is 2.08. The average molecular weight is 365 g/mol. The molecule has 0 unspecified atom stereocenters. The van der Waals surface area contributed by atoms with Crippen LogP contribution in [0.1, 0.15) is 0 Å². The van der Waals surface area contributed by atoms with E-state index in [-0.39, 0.29) is 10.6 Å². The standard InChI is InChI=1S/C13H14F3N3O4S/c1-22-7-6-19-9-10(8-17-19)18-24(20,21)12-4-2-11(3-5-12)23-13(14,15)16/h2-5,8-9,18H,6-7H2,1H3. The summed E-state index contributed by atoms with van der Waals surface area (Å²) in [4.78, 5) is -0.207. The summed E-state index contributed by atoms with van der Waals surface area (Å²) in [6.07, 6.45) is -2.05. The average Bonchev–Trinajstić information content (AvgIpc) is 2.90. The fourth-order valence-electron chi connectivity index (χ4n) is 1.76. The van der Waals surface area contributed by atoms with E-state index in [1.165, 1.54) is 24.2 Å². The summed E-state index contributed by atoms with van der Waals surface area (Å²) in [6.45, 7) is 0.857. The van der Waals surface area contributed by atoms with Crippen molar-refractivity contribution in [2.75, 3.05) is 18.4 Å². The van der Waals surface area contributed by atoms with Gasteiger partial charge in [0.25, 0.3) is 10.0 Å². The summed E-state index contributed by atoms with van der Waals surface area (Å²) in [6, 6.07) is 3.87. The number of hydrogen-bond donors (Lipinski definition) is 1. The predicted molar refractivity (Wildman–Crippen MR) is 78.0 cm³/mol. The lowest BCUT2D eigenvalue weighted by molar-refractivity contribution is -0.274. The van der Waals surface area contributed by atoms with Crippen LogP contribution < -0.4 is 9.46 Å². The van der Waals surface area contributed by atoms with Gasteiger partial charge in [-0.05, 0) is 24.3 Å². The Morgan fingerprint density at radius 2 is 1.92 bits per heavy atom. The maximum Gasteiger partial charge on any atom is 0.573 e. The van der Waals surface area contributed by atoms with E-state index in [0.29, 0.717) is 13.2 Å². The predicted octanol–water partition coefficient (Wildman–Crippen LogP) is 2.23. The van der Waals surface area contributed by atoms with Gasteiger partial charge in [0.05, 0.1) is 29.9 Å². The number of ether oxygens (including phenoxy) is 2. The highest BCUT2D eigenvalue weighted by Crippen LogP contribution is 2.24. The molecular weight excluding hydrogens is 351 g/mol. The van der Waals surface area contributed by atoms with E-state index in [1.54, 1.807) is 0 Å². The van der Waals surface area contributed by atoms with Crippen molar-refractivity contribution < 1.29 is 31.1 Å². The molecule has 2 rings (SSSR count). The molecule has 1 heterocycles. The Morgan fingerprint density at radius 3 is 2.50 bits per heavy atom. The van der Waals surface area contributed by atoms with Crippen LogP contribution >= 0.6 is 0 Å². The summed E-state index contributed by atoms with van der Waals surface area (Å²) in [7, 11) is -2.43. The lowest BCUT2D eigenvalue weighted by Crippen LogP contribution is -2.17. The number of aromatic nitrogens is 2. The number of nitrogens with one attached hydrogen (secondary N) is 1. The van der Waals surface area contributed by atoms with Gasteiger partial charge in [0.1, 0.15) is 5.75 Å². The zero-order valence-electron chi connectivity index (χ0n) is 12.4. The largest absolute Gasteiger partial charge is 0.573 e. The molecule has 0 fully saturated rings. The first-order valence-electron chi connectivity index (χ1n) is 6.60. The Bertz CT molecular complexity index is 773. The lowest BCUT2D eigenvalue weighted by atomic mass is 10.3. The van der Waals surface area contributed by atoms with Crippen LogP contribution in [-0.4, -0.2) is 38.3 Å². The SMILES string of the molecule is COCCn1cc(NS(=O)(=O)c2ccc(OC(F)(F)F)cc2)cn1. The van der Waals surface area contributed by atoms with E-state index in [2.05, 4.69) is 14.6 Å². The van der Waals surface area contributed by atoms with Gasteiger partial charge in [-0.2, -0.15) is 5.10 Å².